The van der Waals surface area contributed by atoms with Gasteiger partial charge in [0.25, 0.3) is 0 Å². The Morgan fingerprint density at radius 1 is 1.18 bits per heavy atom. The van der Waals surface area contributed by atoms with Crippen LogP contribution in [-0.4, -0.2) is 65.5 Å². The Morgan fingerprint density at radius 2 is 1.95 bits per heavy atom. The average Bonchev–Trinajstić information content (AvgIpc) is 3.49. The number of pyridine rings is 1. The van der Waals surface area contributed by atoms with Crippen LogP contribution in [-0.2, 0) is 16.0 Å². The first-order chi connectivity index (χ1) is 18.5. The number of fused-ring (bicyclic) bond motifs is 3. The van der Waals surface area contributed by atoms with Gasteiger partial charge in [0, 0.05) is 35.8 Å². The van der Waals surface area contributed by atoms with Crippen molar-refractivity contribution in [3.8, 4) is 5.75 Å². The van der Waals surface area contributed by atoms with E-state index in [4.69, 9.17) is 20.2 Å². The minimum atomic E-state index is -1.15. The lowest BCUT2D eigenvalue weighted by Gasteiger charge is -2.38. The summed E-state index contributed by atoms with van der Waals surface area (Å²) in [6, 6.07) is 12.7. The van der Waals surface area contributed by atoms with Crippen molar-refractivity contribution in [2.45, 2.75) is 69.1 Å². The number of nitrogens with one attached hydrogen (secondary N) is 1. The van der Waals surface area contributed by atoms with Crippen LogP contribution >= 0.6 is 11.3 Å². The number of benzene rings is 1. The number of amides is 1. The monoisotopic (exact) mass is 536 g/mol. The third-order valence-electron chi connectivity index (χ3n) is 8.25. The SMILES string of the molecule is NC(=O)[C@H](O)C[C@H]1CCc2sc3nc(Nc4ccccc4)cc(OC4CCC(N5CCOCC5)CC4)c3c21. The third-order valence-corrected chi connectivity index (χ3v) is 9.41. The number of carbonyl (C=O) groups excluding carboxylic acids is 1. The van der Waals surface area contributed by atoms with E-state index >= 15 is 0 Å². The number of hydrogen-bond donors (Lipinski definition) is 3. The minimum absolute atomic E-state index is 0.0652. The van der Waals surface area contributed by atoms with Crippen LogP contribution in [0.4, 0.5) is 11.5 Å². The highest BCUT2D eigenvalue weighted by Gasteiger charge is 2.34. The van der Waals surface area contributed by atoms with Crippen molar-refractivity contribution in [3.63, 3.8) is 0 Å². The largest absolute Gasteiger partial charge is 0.490 e. The molecule has 4 N–H and O–H groups in total. The summed E-state index contributed by atoms with van der Waals surface area (Å²) < 4.78 is 12.3. The van der Waals surface area contributed by atoms with Crippen molar-refractivity contribution in [2.75, 3.05) is 31.6 Å². The Balaban J connectivity index is 1.28. The number of primary amides is 1. The van der Waals surface area contributed by atoms with E-state index in [-0.39, 0.29) is 12.0 Å². The molecule has 2 aromatic heterocycles. The number of carbonyl (C=O) groups is 1. The number of rotatable bonds is 8. The topological polar surface area (TPSA) is 110 Å². The van der Waals surface area contributed by atoms with Crippen LogP contribution in [0.25, 0.3) is 10.2 Å². The summed E-state index contributed by atoms with van der Waals surface area (Å²) in [6.07, 6.45) is 5.44. The molecular formula is C29H36N4O4S. The summed E-state index contributed by atoms with van der Waals surface area (Å²) in [5.74, 6) is 1.00. The number of hydrogen-bond acceptors (Lipinski definition) is 8. The number of aliphatic hydroxyl groups excluding tert-OH is 1. The molecule has 1 aromatic carbocycles. The van der Waals surface area contributed by atoms with Crippen molar-refractivity contribution in [3.05, 3.63) is 46.8 Å². The predicted octanol–water partition coefficient (Wildman–Crippen LogP) is 4.33. The quantitative estimate of drug-likeness (QED) is 0.393. The maximum atomic E-state index is 11.6. The lowest BCUT2D eigenvalue weighted by atomic mass is 9.91. The lowest BCUT2D eigenvalue weighted by Crippen LogP contribution is -2.46. The van der Waals surface area contributed by atoms with Gasteiger partial charge in [-0.1, -0.05) is 18.2 Å². The molecule has 3 aromatic rings. The first-order valence-corrected chi connectivity index (χ1v) is 14.6. The summed E-state index contributed by atoms with van der Waals surface area (Å²) in [4.78, 5) is 21.4. The van der Waals surface area contributed by atoms with Crippen LogP contribution in [0.2, 0.25) is 0 Å². The molecule has 2 aliphatic carbocycles. The van der Waals surface area contributed by atoms with Crippen molar-refractivity contribution >= 4 is 39.0 Å². The van der Waals surface area contributed by atoms with E-state index in [0.717, 1.165) is 92.3 Å². The van der Waals surface area contributed by atoms with Gasteiger partial charge < -0.3 is 25.6 Å². The fraction of sp³-hybridized carbons (Fsp3) is 0.517. The standard InChI is InChI=1S/C29H36N4O4S/c30-28(35)22(34)16-18-6-11-24-26(18)27-23(17-25(32-29(27)38-24)31-19-4-2-1-3-5-19)37-21-9-7-20(8-10-21)33-12-14-36-15-13-33/h1-5,17-18,20-22,34H,6-16H2,(H2,30,35)(H,31,32)/t18-,20?,21?,22-/m1/s1. The highest BCUT2D eigenvalue weighted by Crippen LogP contribution is 2.49. The van der Waals surface area contributed by atoms with Crippen LogP contribution in [0, 0.1) is 0 Å². The molecule has 6 rings (SSSR count). The Hall–Kier alpha value is -2.72. The maximum Gasteiger partial charge on any atom is 0.246 e. The van der Waals surface area contributed by atoms with Gasteiger partial charge >= 0.3 is 0 Å². The fourth-order valence-electron chi connectivity index (χ4n) is 6.30. The lowest BCUT2D eigenvalue weighted by molar-refractivity contribution is -0.126. The van der Waals surface area contributed by atoms with E-state index < -0.39 is 12.0 Å². The normalized spacial score (nSPS) is 24.7. The van der Waals surface area contributed by atoms with Crippen LogP contribution in [0.15, 0.2) is 36.4 Å². The van der Waals surface area contributed by atoms with Gasteiger partial charge in [-0.2, -0.15) is 0 Å². The highest BCUT2D eigenvalue weighted by molar-refractivity contribution is 7.19. The predicted molar refractivity (Wildman–Crippen MR) is 149 cm³/mol. The van der Waals surface area contributed by atoms with Gasteiger partial charge in [-0.25, -0.2) is 4.98 Å². The van der Waals surface area contributed by atoms with Crippen LogP contribution in [0.3, 0.4) is 0 Å². The zero-order chi connectivity index (χ0) is 26.1. The number of morpholine rings is 1. The van der Waals surface area contributed by atoms with Crippen LogP contribution in [0.1, 0.15) is 54.9 Å². The van der Waals surface area contributed by atoms with Crippen molar-refractivity contribution < 1.29 is 19.4 Å². The summed E-state index contributed by atoms with van der Waals surface area (Å²) in [5.41, 5.74) is 7.55. The number of ether oxygens (including phenoxy) is 2. The maximum absolute atomic E-state index is 11.6. The zero-order valence-electron chi connectivity index (χ0n) is 21.6. The molecule has 3 heterocycles. The minimum Gasteiger partial charge on any atom is -0.490 e. The van der Waals surface area contributed by atoms with Crippen LogP contribution < -0.4 is 15.8 Å². The first-order valence-electron chi connectivity index (χ1n) is 13.8. The average molecular weight is 537 g/mol. The Morgan fingerprint density at radius 3 is 2.68 bits per heavy atom. The van der Waals surface area contributed by atoms with E-state index in [2.05, 4.69) is 10.2 Å². The molecule has 1 aliphatic heterocycles. The van der Waals surface area contributed by atoms with E-state index in [1.54, 1.807) is 11.3 Å². The zero-order valence-corrected chi connectivity index (χ0v) is 22.4. The van der Waals surface area contributed by atoms with Gasteiger partial charge in [0.1, 0.15) is 22.5 Å². The molecule has 0 bridgehead atoms. The number of nitrogens with two attached hydrogens (primary N) is 1. The van der Waals surface area contributed by atoms with Gasteiger partial charge in [-0.15, -0.1) is 11.3 Å². The van der Waals surface area contributed by atoms with E-state index in [9.17, 15) is 9.90 Å². The van der Waals surface area contributed by atoms with Crippen molar-refractivity contribution in [1.82, 2.24) is 9.88 Å². The number of aromatic nitrogens is 1. The van der Waals surface area contributed by atoms with Gasteiger partial charge in [0.2, 0.25) is 5.91 Å². The second kappa shape index (κ2) is 11.2. The first kappa shape index (κ1) is 25.6. The van der Waals surface area contributed by atoms with Crippen LogP contribution in [0.5, 0.6) is 5.75 Å². The van der Waals surface area contributed by atoms with Crippen molar-refractivity contribution in [2.24, 2.45) is 5.73 Å². The number of aryl methyl sites for hydroxylation is 1. The molecule has 0 radical (unpaired) electrons. The second-order valence-electron chi connectivity index (χ2n) is 10.7. The molecule has 0 unspecified atom stereocenters. The summed E-state index contributed by atoms with van der Waals surface area (Å²) in [7, 11) is 0. The summed E-state index contributed by atoms with van der Waals surface area (Å²) in [5, 5.41) is 14.7. The second-order valence-corrected chi connectivity index (χ2v) is 11.8. The van der Waals surface area contributed by atoms with Gasteiger partial charge in [0.15, 0.2) is 0 Å². The molecule has 202 valence electrons. The summed E-state index contributed by atoms with van der Waals surface area (Å²) >= 11 is 1.70. The van der Waals surface area contributed by atoms with Gasteiger partial charge in [0.05, 0.1) is 24.7 Å². The molecule has 1 saturated carbocycles. The molecule has 9 heteroatoms. The highest BCUT2D eigenvalue weighted by atomic mass is 32.1. The Labute approximate surface area is 227 Å². The molecular weight excluding hydrogens is 500 g/mol. The number of anilines is 2. The molecule has 1 saturated heterocycles. The van der Waals surface area contributed by atoms with Crippen molar-refractivity contribution in [1.29, 1.82) is 0 Å². The van der Waals surface area contributed by atoms with Gasteiger partial charge in [-0.3, -0.25) is 9.69 Å². The molecule has 8 nitrogen and oxygen atoms in total. The molecule has 1 amide bonds. The number of nitrogens with zero attached hydrogens (tertiary/aromatic N) is 2. The van der Waals surface area contributed by atoms with E-state index in [0.29, 0.717) is 12.5 Å². The third kappa shape index (κ3) is 5.38. The Bertz CT molecular complexity index is 1270. The molecule has 3 aliphatic rings. The molecule has 2 atom stereocenters. The summed E-state index contributed by atoms with van der Waals surface area (Å²) in [6.45, 7) is 3.71. The van der Waals surface area contributed by atoms with Gasteiger partial charge in [-0.05, 0) is 68.6 Å². The molecule has 0 spiro atoms. The molecule has 38 heavy (non-hydrogen) atoms. The number of thiophene rings is 1. The molecule has 2 fully saturated rings. The smallest absolute Gasteiger partial charge is 0.246 e. The Kier molecular flexibility index (Phi) is 7.52. The van der Waals surface area contributed by atoms with E-state index in [1.165, 1.54) is 10.4 Å². The number of para-hydroxylation sites is 1. The number of aliphatic hydroxyl groups is 1. The fourth-order valence-corrected chi connectivity index (χ4v) is 7.59. The van der Waals surface area contributed by atoms with E-state index in [1.807, 2.05) is 36.4 Å².